The standard InChI is InChI=1S/C5H7NS/c1-3-6-4-5(2)7/h3-4H,1H2,2H3. The summed E-state index contributed by atoms with van der Waals surface area (Å²) in [6.45, 7) is 5.18. The molecule has 0 aromatic heterocycles. The number of hydrogen-bond donors (Lipinski definition) is 0. The summed E-state index contributed by atoms with van der Waals surface area (Å²) in [6.07, 6.45) is 3.04. The molecule has 0 bridgehead atoms. The quantitative estimate of drug-likeness (QED) is 0.391. The van der Waals surface area contributed by atoms with E-state index in [1.807, 2.05) is 6.92 Å². The van der Waals surface area contributed by atoms with Crippen molar-refractivity contribution in [1.82, 2.24) is 0 Å². The number of thiocarbonyl (C=S) groups is 1. The van der Waals surface area contributed by atoms with Crippen molar-refractivity contribution >= 4 is 23.3 Å². The number of nitrogens with zero attached hydrogens (tertiary/aromatic N) is 1. The van der Waals surface area contributed by atoms with E-state index in [1.165, 1.54) is 6.20 Å². The second kappa shape index (κ2) is 3.68. The largest absolute Gasteiger partial charge is 0.264 e. The molecule has 0 rings (SSSR count). The third-order valence-electron chi connectivity index (χ3n) is 0.362. The van der Waals surface area contributed by atoms with Gasteiger partial charge in [0, 0.05) is 17.3 Å². The maximum Gasteiger partial charge on any atom is 0.0404 e. The molecule has 0 fully saturated rings. The molecule has 0 aromatic rings. The van der Waals surface area contributed by atoms with Gasteiger partial charge in [0.15, 0.2) is 0 Å². The minimum absolute atomic E-state index is 0.778. The van der Waals surface area contributed by atoms with Gasteiger partial charge in [-0.1, -0.05) is 18.8 Å². The van der Waals surface area contributed by atoms with Gasteiger partial charge in [-0.2, -0.15) is 0 Å². The van der Waals surface area contributed by atoms with Crippen molar-refractivity contribution in [2.75, 3.05) is 0 Å². The monoisotopic (exact) mass is 113 g/mol. The first-order chi connectivity index (χ1) is 3.27. The molecule has 7 heavy (non-hydrogen) atoms. The first kappa shape index (κ1) is 6.50. The van der Waals surface area contributed by atoms with Crippen LogP contribution in [-0.2, 0) is 0 Å². The van der Waals surface area contributed by atoms with Gasteiger partial charge in [-0.3, -0.25) is 4.99 Å². The van der Waals surface area contributed by atoms with Gasteiger partial charge in [0.25, 0.3) is 0 Å². The lowest BCUT2D eigenvalue weighted by atomic mass is 10.5. The highest BCUT2D eigenvalue weighted by molar-refractivity contribution is 7.81. The maximum atomic E-state index is 4.66. The van der Waals surface area contributed by atoms with Gasteiger partial charge in [-0.05, 0) is 6.92 Å². The predicted molar refractivity (Wildman–Crippen MR) is 37.0 cm³/mol. The Morgan fingerprint density at radius 2 is 2.43 bits per heavy atom. The Kier molecular flexibility index (Phi) is 3.42. The maximum absolute atomic E-state index is 4.66. The van der Waals surface area contributed by atoms with Crippen LogP contribution < -0.4 is 0 Å². The van der Waals surface area contributed by atoms with Gasteiger partial charge in [0.05, 0.1) is 0 Å². The molecule has 0 unspecified atom stereocenters. The van der Waals surface area contributed by atoms with Crippen LogP contribution in [0.5, 0.6) is 0 Å². The summed E-state index contributed by atoms with van der Waals surface area (Å²) < 4.78 is 0. The van der Waals surface area contributed by atoms with Crippen LogP contribution in [0.4, 0.5) is 0 Å². The molecule has 38 valence electrons. The van der Waals surface area contributed by atoms with E-state index < -0.39 is 0 Å². The Hall–Kier alpha value is -0.500. The molecule has 0 N–H and O–H groups in total. The smallest absolute Gasteiger partial charge is 0.0404 e. The van der Waals surface area contributed by atoms with Gasteiger partial charge in [-0.25, -0.2) is 0 Å². The van der Waals surface area contributed by atoms with Crippen molar-refractivity contribution in [2.45, 2.75) is 6.92 Å². The number of hydrogen-bond acceptors (Lipinski definition) is 2. The lowest BCUT2D eigenvalue weighted by molar-refractivity contribution is 1.64. The first-order valence-corrected chi connectivity index (χ1v) is 2.33. The fourth-order valence-corrected chi connectivity index (χ4v) is 0.219. The highest BCUT2D eigenvalue weighted by atomic mass is 32.1. The first-order valence-electron chi connectivity index (χ1n) is 1.92. The molecule has 2 heteroatoms. The highest BCUT2D eigenvalue weighted by Crippen LogP contribution is 1.69. The van der Waals surface area contributed by atoms with E-state index in [9.17, 15) is 0 Å². The van der Waals surface area contributed by atoms with E-state index in [0.29, 0.717) is 0 Å². The van der Waals surface area contributed by atoms with Crippen LogP contribution in [-0.4, -0.2) is 11.1 Å². The van der Waals surface area contributed by atoms with E-state index >= 15 is 0 Å². The topological polar surface area (TPSA) is 12.4 Å². The molecule has 0 saturated heterocycles. The molecule has 1 nitrogen and oxygen atoms in total. The second-order valence-electron chi connectivity index (χ2n) is 1.07. The van der Waals surface area contributed by atoms with Gasteiger partial charge in [0.1, 0.15) is 0 Å². The molecule has 0 saturated carbocycles. The van der Waals surface area contributed by atoms with Gasteiger partial charge >= 0.3 is 0 Å². The van der Waals surface area contributed by atoms with Crippen molar-refractivity contribution < 1.29 is 0 Å². The minimum Gasteiger partial charge on any atom is -0.264 e. The summed E-state index contributed by atoms with van der Waals surface area (Å²) in [7, 11) is 0. The zero-order valence-corrected chi connectivity index (χ0v) is 5.03. The fraction of sp³-hybridized carbons (Fsp3) is 0.200. The summed E-state index contributed by atoms with van der Waals surface area (Å²) in [4.78, 5) is 4.45. The number of rotatable bonds is 2. The Morgan fingerprint density at radius 3 is 2.57 bits per heavy atom. The molecule has 0 amide bonds. The van der Waals surface area contributed by atoms with E-state index in [0.717, 1.165) is 4.86 Å². The fourth-order valence-electron chi connectivity index (χ4n) is 0.158. The molecule has 0 radical (unpaired) electrons. The van der Waals surface area contributed by atoms with Crippen molar-refractivity contribution in [1.29, 1.82) is 0 Å². The average Bonchev–Trinajstić information content (AvgIpc) is 1.61. The van der Waals surface area contributed by atoms with E-state index in [-0.39, 0.29) is 0 Å². The zero-order chi connectivity index (χ0) is 5.70. The van der Waals surface area contributed by atoms with Crippen molar-refractivity contribution in [3.05, 3.63) is 12.8 Å². The van der Waals surface area contributed by atoms with Gasteiger partial charge < -0.3 is 0 Å². The van der Waals surface area contributed by atoms with Crippen LogP contribution in [0.3, 0.4) is 0 Å². The Morgan fingerprint density at radius 1 is 1.86 bits per heavy atom. The van der Waals surface area contributed by atoms with Gasteiger partial charge in [0.2, 0.25) is 0 Å². The highest BCUT2D eigenvalue weighted by Gasteiger charge is 1.70. The molecular formula is C5H7NS. The van der Waals surface area contributed by atoms with E-state index in [4.69, 9.17) is 0 Å². The van der Waals surface area contributed by atoms with Crippen LogP contribution in [0.15, 0.2) is 17.8 Å². The predicted octanol–water partition coefficient (Wildman–Crippen LogP) is 1.59. The third kappa shape index (κ3) is 5.50. The minimum atomic E-state index is 0.778. The van der Waals surface area contributed by atoms with Crippen LogP contribution in [0.2, 0.25) is 0 Å². The Labute approximate surface area is 48.8 Å². The molecule has 0 aliphatic heterocycles. The molecule has 0 aliphatic carbocycles. The summed E-state index contributed by atoms with van der Waals surface area (Å²) in [5.41, 5.74) is 0. The average molecular weight is 113 g/mol. The SMILES string of the molecule is C=CN=CC(C)=S. The van der Waals surface area contributed by atoms with E-state index in [1.54, 1.807) is 6.21 Å². The second-order valence-corrected chi connectivity index (χ2v) is 1.72. The molecule has 0 atom stereocenters. The summed E-state index contributed by atoms with van der Waals surface area (Å²) in [6, 6.07) is 0. The normalized spacial score (nSPS) is 9.29. The molecular weight excluding hydrogens is 106 g/mol. The summed E-state index contributed by atoms with van der Waals surface area (Å²) >= 11 is 4.66. The Balaban J connectivity index is 3.46. The zero-order valence-electron chi connectivity index (χ0n) is 4.22. The third-order valence-corrected chi connectivity index (χ3v) is 0.467. The van der Waals surface area contributed by atoms with Crippen LogP contribution in [0, 0.1) is 0 Å². The lowest BCUT2D eigenvalue weighted by Gasteiger charge is -1.74. The molecule has 0 heterocycles. The molecule has 0 aromatic carbocycles. The van der Waals surface area contributed by atoms with Crippen LogP contribution >= 0.6 is 12.2 Å². The number of aliphatic imine (C=N–C) groups is 1. The molecule has 0 spiro atoms. The molecule has 0 aliphatic rings. The lowest BCUT2D eigenvalue weighted by Crippen LogP contribution is -1.82. The van der Waals surface area contributed by atoms with Crippen LogP contribution in [0.25, 0.3) is 0 Å². The van der Waals surface area contributed by atoms with Gasteiger partial charge in [-0.15, -0.1) is 0 Å². The van der Waals surface area contributed by atoms with Crippen molar-refractivity contribution in [2.24, 2.45) is 4.99 Å². The van der Waals surface area contributed by atoms with E-state index in [2.05, 4.69) is 23.8 Å². The Bertz CT molecular complexity index is 105. The van der Waals surface area contributed by atoms with Crippen molar-refractivity contribution in [3.63, 3.8) is 0 Å². The van der Waals surface area contributed by atoms with Crippen LogP contribution in [0.1, 0.15) is 6.92 Å². The van der Waals surface area contributed by atoms with Crippen molar-refractivity contribution in [3.8, 4) is 0 Å². The summed E-state index contributed by atoms with van der Waals surface area (Å²) in [5, 5.41) is 0. The summed E-state index contributed by atoms with van der Waals surface area (Å²) in [5.74, 6) is 0.